The summed E-state index contributed by atoms with van der Waals surface area (Å²) in [5.41, 5.74) is 1.90. The topological polar surface area (TPSA) is 113 Å². The highest BCUT2D eigenvalue weighted by atomic mass is 16.6. The highest BCUT2D eigenvalue weighted by molar-refractivity contribution is 5.83. The minimum Gasteiger partial charge on any atom is -0.511 e. The van der Waals surface area contributed by atoms with Crippen LogP contribution in [0.4, 0.5) is 10.6 Å². The highest BCUT2D eigenvalue weighted by Crippen LogP contribution is 2.34. The molecule has 3 aliphatic rings. The van der Waals surface area contributed by atoms with Crippen LogP contribution in [0.3, 0.4) is 0 Å². The van der Waals surface area contributed by atoms with Gasteiger partial charge in [0.05, 0.1) is 18.1 Å². The monoisotopic (exact) mass is 514 g/mol. The van der Waals surface area contributed by atoms with Gasteiger partial charge in [-0.15, -0.1) is 0 Å². The van der Waals surface area contributed by atoms with Crippen molar-refractivity contribution in [1.29, 1.82) is 0 Å². The minimum absolute atomic E-state index is 0.0844. The first-order valence-corrected chi connectivity index (χ1v) is 13.6. The molecule has 2 fully saturated rings. The molecule has 3 N–H and O–H groups in total. The van der Waals surface area contributed by atoms with Crippen molar-refractivity contribution in [3.8, 4) is 0 Å². The molecule has 2 amide bonds. The average Bonchev–Trinajstić information content (AvgIpc) is 2.76. The van der Waals surface area contributed by atoms with Crippen LogP contribution in [0, 0.1) is 11.8 Å². The number of nitrogens with one attached hydrogen (secondary N) is 2. The Kier molecular flexibility index (Phi) is 8.62. The fraction of sp³-hybridized carbons (Fsp3) is 0.679. The summed E-state index contributed by atoms with van der Waals surface area (Å²) in [5.74, 6) is 1.10. The molecule has 1 saturated carbocycles. The van der Waals surface area contributed by atoms with Gasteiger partial charge in [0.1, 0.15) is 17.2 Å². The molecular formula is C28H42N4O5. The zero-order valence-corrected chi connectivity index (χ0v) is 22.4. The molecule has 204 valence electrons. The molecule has 1 atom stereocenters. The van der Waals surface area contributed by atoms with Gasteiger partial charge >= 0.3 is 6.09 Å². The zero-order chi connectivity index (χ0) is 26.6. The summed E-state index contributed by atoms with van der Waals surface area (Å²) in [7, 11) is 0. The number of fused-ring (bicyclic) bond motifs is 1. The lowest BCUT2D eigenvalue weighted by molar-refractivity contribution is -0.130. The van der Waals surface area contributed by atoms with Crippen LogP contribution in [0.15, 0.2) is 24.5 Å². The number of aliphatic hydroxyl groups is 1. The van der Waals surface area contributed by atoms with Gasteiger partial charge in [-0.3, -0.25) is 4.79 Å². The van der Waals surface area contributed by atoms with Crippen LogP contribution in [0.25, 0.3) is 0 Å². The van der Waals surface area contributed by atoms with E-state index in [0.717, 1.165) is 50.2 Å². The van der Waals surface area contributed by atoms with E-state index < -0.39 is 17.7 Å². The summed E-state index contributed by atoms with van der Waals surface area (Å²) < 4.78 is 11.3. The van der Waals surface area contributed by atoms with Crippen LogP contribution in [0.2, 0.25) is 0 Å². The van der Waals surface area contributed by atoms with E-state index >= 15 is 0 Å². The van der Waals surface area contributed by atoms with Crippen molar-refractivity contribution in [2.75, 3.05) is 31.6 Å². The standard InChI is InChI=1S/C28H42N4O5/c1-18(33)24(31-26(34)21-16-32(17-21)27(35)37-28(2,3)4)11-13-36-23-14-19(15-23)7-9-22-10-8-20-6-5-12-29-25(20)30-22/h8,10,19,21,23-24,33H,1,5-7,9,11-17H2,2-4H3,(H,29,30)(H,31,34)/t19?,23?,24-/m0/s1. The van der Waals surface area contributed by atoms with Gasteiger partial charge in [0.15, 0.2) is 0 Å². The third-order valence-electron chi connectivity index (χ3n) is 7.34. The summed E-state index contributed by atoms with van der Waals surface area (Å²) in [5, 5.41) is 16.2. The third-order valence-corrected chi connectivity index (χ3v) is 7.34. The molecule has 0 radical (unpaired) electrons. The molecule has 0 spiro atoms. The molecule has 4 rings (SSSR count). The molecule has 3 heterocycles. The van der Waals surface area contributed by atoms with E-state index in [4.69, 9.17) is 14.5 Å². The predicted octanol–water partition coefficient (Wildman–Crippen LogP) is 3.98. The third kappa shape index (κ3) is 7.60. The summed E-state index contributed by atoms with van der Waals surface area (Å²) in [6.45, 7) is 11.1. The minimum atomic E-state index is -0.569. The molecule has 0 bridgehead atoms. The van der Waals surface area contributed by atoms with E-state index in [-0.39, 0.29) is 23.7 Å². The number of amides is 2. The van der Waals surface area contributed by atoms with Crippen molar-refractivity contribution in [2.24, 2.45) is 11.8 Å². The number of carbonyl (C=O) groups is 2. The van der Waals surface area contributed by atoms with Crippen molar-refractivity contribution in [1.82, 2.24) is 15.2 Å². The Balaban J connectivity index is 1.10. The van der Waals surface area contributed by atoms with Crippen LogP contribution in [0.5, 0.6) is 0 Å². The second kappa shape index (κ2) is 11.7. The van der Waals surface area contributed by atoms with Crippen LogP contribution in [-0.4, -0.2) is 71.0 Å². The van der Waals surface area contributed by atoms with Crippen LogP contribution < -0.4 is 10.6 Å². The smallest absolute Gasteiger partial charge is 0.410 e. The van der Waals surface area contributed by atoms with Gasteiger partial charge in [-0.1, -0.05) is 12.6 Å². The van der Waals surface area contributed by atoms with E-state index in [2.05, 4.69) is 29.3 Å². The van der Waals surface area contributed by atoms with E-state index in [1.54, 1.807) is 0 Å². The maximum Gasteiger partial charge on any atom is 0.410 e. The fourth-order valence-corrected chi connectivity index (χ4v) is 4.99. The van der Waals surface area contributed by atoms with Crippen LogP contribution in [0.1, 0.15) is 64.1 Å². The van der Waals surface area contributed by atoms with Crippen molar-refractivity contribution >= 4 is 17.8 Å². The zero-order valence-electron chi connectivity index (χ0n) is 22.4. The SMILES string of the molecule is C=C(O)[C@H](CCOC1CC(CCc2ccc3c(n2)NCCC3)C1)NC(=O)C1CN(C(=O)OC(C)(C)C)C1. The van der Waals surface area contributed by atoms with Crippen molar-refractivity contribution in [3.05, 3.63) is 35.7 Å². The molecule has 1 saturated heterocycles. The van der Waals surface area contributed by atoms with Gasteiger partial charge in [-0.25, -0.2) is 9.78 Å². The van der Waals surface area contributed by atoms with Gasteiger partial charge in [0, 0.05) is 31.9 Å². The lowest BCUT2D eigenvalue weighted by atomic mass is 9.79. The number of likely N-dealkylation sites (tertiary alicyclic amines) is 1. The van der Waals surface area contributed by atoms with Gasteiger partial charge in [-0.05, 0) is 83.3 Å². The number of rotatable bonds is 10. The number of aromatic nitrogens is 1. The Morgan fingerprint density at radius 2 is 2.05 bits per heavy atom. The van der Waals surface area contributed by atoms with E-state index in [1.165, 1.54) is 16.9 Å². The molecule has 9 heteroatoms. The highest BCUT2D eigenvalue weighted by Gasteiger charge is 2.38. The molecule has 0 unspecified atom stereocenters. The number of anilines is 1. The molecule has 1 aromatic rings. The van der Waals surface area contributed by atoms with E-state index in [0.29, 0.717) is 32.0 Å². The summed E-state index contributed by atoms with van der Waals surface area (Å²) >= 11 is 0. The maximum atomic E-state index is 12.6. The van der Waals surface area contributed by atoms with E-state index in [1.807, 2.05) is 20.8 Å². The van der Waals surface area contributed by atoms with Gasteiger partial charge in [-0.2, -0.15) is 0 Å². The Morgan fingerprint density at radius 3 is 2.76 bits per heavy atom. The molecule has 1 aromatic heterocycles. The molecule has 9 nitrogen and oxygen atoms in total. The summed E-state index contributed by atoms with van der Waals surface area (Å²) in [6.07, 6.45) is 6.70. The average molecular weight is 515 g/mol. The Morgan fingerprint density at radius 1 is 1.30 bits per heavy atom. The second-order valence-corrected chi connectivity index (χ2v) is 11.6. The van der Waals surface area contributed by atoms with E-state index in [9.17, 15) is 14.7 Å². The number of ether oxygens (including phenoxy) is 2. The molecule has 37 heavy (non-hydrogen) atoms. The Hall–Kier alpha value is -2.81. The molecule has 0 aromatic carbocycles. The molecule has 2 aliphatic heterocycles. The quantitative estimate of drug-likeness (QED) is 0.405. The lowest BCUT2D eigenvalue weighted by Crippen LogP contribution is -2.57. The molecule has 1 aliphatic carbocycles. The number of hydrogen-bond donors (Lipinski definition) is 3. The summed E-state index contributed by atoms with van der Waals surface area (Å²) in [6, 6.07) is 3.80. The van der Waals surface area contributed by atoms with Crippen molar-refractivity contribution < 1.29 is 24.2 Å². The number of carbonyl (C=O) groups excluding carboxylic acids is 2. The number of pyridine rings is 1. The number of aryl methyl sites for hydroxylation is 2. The number of aliphatic hydroxyl groups excluding tert-OH is 1. The number of hydrogen-bond acceptors (Lipinski definition) is 7. The van der Waals surface area contributed by atoms with Crippen molar-refractivity contribution in [2.45, 2.75) is 83.5 Å². The first-order valence-electron chi connectivity index (χ1n) is 13.6. The lowest BCUT2D eigenvalue weighted by Gasteiger charge is -2.39. The normalized spacial score (nSPS) is 22.1. The maximum absolute atomic E-state index is 12.6. The van der Waals surface area contributed by atoms with Gasteiger partial charge in [0.25, 0.3) is 0 Å². The Bertz CT molecular complexity index is 979. The van der Waals surface area contributed by atoms with Crippen LogP contribution in [-0.2, 0) is 27.1 Å². The Labute approximate surface area is 220 Å². The first-order chi connectivity index (χ1) is 17.6. The van der Waals surface area contributed by atoms with Gasteiger partial charge in [0.2, 0.25) is 5.91 Å². The summed E-state index contributed by atoms with van der Waals surface area (Å²) in [4.78, 5) is 30.9. The number of nitrogens with zero attached hydrogens (tertiary/aromatic N) is 2. The fourth-order valence-electron chi connectivity index (χ4n) is 4.99. The second-order valence-electron chi connectivity index (χ2n) is 11.6. The van der Waals surface area contributed by atoms with Crippen molar-refractivity contribution in [3.63, 3.8) is 0 Å². The van der Waals surface area contributed by atoms with Crippen LogP contribution >= 0.6 is 0 Å². The largest absolute Gasteiger partial charge is 0.511 e. The van der Waals surface area contributed by atoms with Gasteiger partial charge < -0.3 is 30.1 Å². The predicted molar refractivity (Wildman–Crippen MR) is 141 cm³/mol. The molecular weight excluding hydrogens is 472 g/mol. The first kappa shape index (κ1) is 27.2.